The predicted octanol–water partition coefficient (Wildman–Crippen LogP) is 1.22. The van der Waals surface area contributed by atoms with Crippen molar-refractivity contribution in [3.8, 4) is 6.07 Å². The first-order valence-electron chi connectivity index (χ1n) is 9.13. The van der Waals surface area contributed by atoms with Crippen LogP contribution in [0.5, 0.6) is 0 Å². The van der Waals surface area contributed by atoms with E-state index in [0.717, 1.165) is 30.7 Å². The number of carbonyl (C=O) groups excluding carboxylic acids is 2. The Balaban J connectivity index is 1.36. The number of hydrogen-bond acceptors (Lipinski definition) is 5. The summed E-state index contributed by atoms with van der Waals surface area (Å²) in [5.74, 6) is 0.205. The van der Waals surface area contributed by atoms with Crippen molar-refractivity contribution >= 4 is 11.8 Å². The molecule has 0 bridgehead atoms. The van der Waals surface area contributed by atoms with Crippen molar-refractivity contribution in [3.63, 3.8) is 0 Å². The van der Waals surface area contributed by atoms with Crippen LogP contribution >= 0.6 is 0 Å². The molecular formula is C19H20N6O2. The molecule has 138 valence electrons. The number of fused-ring (bicyclic) bond motifs is 1. The third-order valence-corrected chi connectivity index (χ3v) is 5.18. The van der Waals surface area contributed by atoms with Gasteiger partial charge in [0.1, 0.15) is 11.8 Å². The molecule has 1 aliphatic heterocycles. The van der Waals surface area contributed by atoms with Crippen molar-refractivity contribution < 1.29 is 9.59 Å². The summed E-state index contributed by atoms with van der Waals surface area (Å²) in [4.78, 5) is 30.4. The lowest BCUT2D eigenvalue weighted by atomic mass is 9.84. The molecule has 0 spiro atoms. The van der Waals surface area contributed by atoms with Gasteiger partial charge >= 0.3 is 0 Å². The van der Waals surface area contributed by atoms with Crippen molar-refractivity contribution in [1.82, 2.24) is 25.0 Å². The maximum Gasteiger partial charge on any atom is 0.253 e. The van der Waals surface area contributed by atoms with Crippen LogP contribution in [0, 0.1) is 17.2 Å². The number of amides is 2. The smallest absolute Gasteiger partial charge is 0.253 e. The van der Waals surface area contributed by atoms with Crippen molar-refractivity contribution in [3.05, 3.63) is 47.0 Å². The summed E-state index contributed by atoms with van der Waals surface area (Å²) in [6, 6.07) is 6.95. The molecule has 0 radical (unpaired) electrons. The van der Waals surface area contributed by atoms with E-state index in [1.54, 1.807) is 6.07 Å². The summed E-state index contributed by atoms with van der Waals surface area (Å²) in [6.45, 7) is 2.25. The van der Waals surface area contributed by atoms with E-state index in [1.807, 2.05) is 21.7 Å². The Kier molecular flexibility index (Phi) is 4.59. The lowest BCUT2D eigenvalue weighted by Crippen LogP contribution is -2.43. The monoisotopic (exact) mass is 364 g/mol. The van der Waals surface area contributed by atoms with Crippen molar-refractivity contribution in [2.24, 2.45) is 5.92 Å². The van der Waals surface area contributed by atoms with Gasteiger partial charge in [-0.15, -0.1) is 0 Å². The van der Waals surface area contributed by atoms with Crippen LogP contribution in [0.3, 0.4) is 0 Å². The fraction of sp³-hybridized carbons (Fsp3) is 0.421. The Hall–Kier alpha value is -3.21. The van der Waals surface area contributed by atoms with Gasteiger partial charge in [-0.1, -0.05) is 6.42 Å². The third kappa shape index (κ3) is 3.53. The van der Waals surface area contributed by atoms with Crippen LogP contribution in [0.2, 0.25) is 0 Å². The number of hydrogen-bond donors (Lipinski definition) is 1. The molecule has 8 heteroatoms. The SMILES string of the molecule is N#Cc1ccc(C(=O)NCc2cc3n(n2)CCN(C(=O)C2CCC2)C3)cn1. The van der Waals surface area contributed by atoms with E-state index in [-0.39, 0.29) is 23.4 Å². The van der Waals surface area contributed by atoms with E-state index in [4.69, 9.17) is 5.26 Å². The Labute approximate surface area is 156 Å². The highest BCUT2D eigenvalue weighted by Crippen LogP contribution is 2.29. The summed E-state index contributed by atoms with van der Waals surface area (Å²) in [5, 5.41) is 16.1. The topological polar surface area (TPSA) is 104 Å². The molecule has 2 aliphatic rings. The molecule has 1 fully saturated rings. The largest absolute Gasteiger partial charge is 0.346 e. The highest BCUT2D eigenvalue weighted by molar-refractivity contribution is 5.93. The molecule has 2 aromatic heterocycles. The molecule has 0 unspecified atom stereocenters. The van der Waals surface area contributed by atoms with Crippen LogP contribution < -0.4 is 5.32 Å². The van der Waals surface area contributed by atoms with Gasteiger partial charge in [0.05, 0.1) is 36.6 Å². The summed E-state index contributed by atoms with van der Waals surface area (Å²) >= 11 is 0. The lowest BCUT2D eigenvalue weighted by Gasteiger charge is -2.34. The summed E-state index contributed by atoms with van der Waals surface area (Å²) < 4.78 is 1.91. The quantitative estimate of drug-likeness (QED) is 0.878. The molecule has 2 amide bonds. The average molecular weight is 364 g/mol. The molecule has 8 nitrogen and oxygen atoms in total. The normalized spacial score (nSPS) is 16.2. The fourth-order valence-electron chi connectivity index (χ4n) is 3.38. The van der Waals surface area contributed by atoms with E-state index in [9.17, 15) is 9.59 Å². The second-order valence-electron chi connectivity index (χ2n) is 6.96. The molecule has 4 rings (SSSR count). The first-order valence-corrected chi connectivity index (χ1v) is 9.13. The first-order chi connectivity index (χ1) is 13.1. The van der Waals surface area contributed by atoms with Crippen molar-refractivity contribution in [1.29, 1.82) is 5.26 Å². The number of rotatable bonds is 4. The minimum atomic E-state index is -0.264. The van der Waals surface area contributed by atoms with Gasteiger partial charge < -0.3 is 10.2 Å². The van der Waals surface area contributed by atoms with Gasteiger partial charge in [0.25, 0.3) is 5.91 Å². The first kappa shape index (κ1) is 17.2. The molecule has 0 saturated heterocycles. The van der Waals surface area contributed by atoms with E-state index in [2.05, 4.69) is 15.4 Å². The molecule has 3 heterocycles. The summed E-state index contributed by atoms with van der Waals surface area (Å²) in [7, 11) is 0. The van der Waals surface area contributed by atoms with Crippen LogP contribution in [0.4, 0.5) is 0 Å². The second-order valence-corrected chi connectivity index (χ2v) is 6.96. The second kappa shape index (κ2) is 7.19. The number of nitrogens with one attached hydrogen (secondary N) is 1. The Morgan fingerprint density at radius 1 is 1.30 bits per heavy atom. The zero-order chi connectivity index (χ0) is 18.8. The summed E-state index contributed by atoms with van der Waals surface area (Å²) in [6.07, 6.45) is 4.56. The van der Waals surface area contributed by atoms with Gasteiger partial charge in [-0.05, 0) is 31.0 Å². The van der Waals surface area contributed by atoms with Gasteiger partial charge in [-0.2, -0.15) is 10.4 Å². The van der Waals surface area contributed by atoms with E-state index in [1.165, 1.54) is 12.3 Å². The maximum absolute atomic E-state index is 12.4. The highest BCUT2D eigenvalue weighted by atomic mass is 16.2. The zero-order valence-corrected chi connectivity index (χ0v) is 14.9. The fourth-order valence-corrected chi connectivity index (χ4v) is 3.38. The molecule has 0 aromatic carbocycles. The van der Waals surface area contributed by atoms with Gasteiger partial charge in [0.2, 0.25) is 5.91 Å². The minimum absolute atomic E-state index is 0.208. The molecule has 1 N–H and O–H groups in total. The van der Waals surface area contributed by atoms with Gasteiger partial charge in [-0.3, -0.25) is 14.3 Å². The van der Waals surface area contributed by atoms with Crippen molar-refractivity contribution in [2.45, 2.75) is 38.9 Å². The Morgan fingerprint density at radius 2 is 2.15 bits per heavy atom. The van der Waals surface area contributed by atoms with Crippen LogP contribution in [-0.2, 0) is 24.4 Å². The Bertz CT molecular complexity index is 907. The summed E-state index contributed by atoms with van der Waals surface area (Å²) in [5.41, 5.74) is 2.43. The number of nitriles is 1. The number of pyridine rings is 1. The third-order valence-electron chi connectivity index (χ3n) is 5.18. The van der Waals surface area contributed by atoms with E-state index >= 15 is 0 Å². The standard InChI is InChI=1S/C19H20N6O2/c20-9-15-5-4-14(10-21-15)18(26)22-11-16-8-17-12-24(6-7-25(17)23-16)19(27)13-2-1-3-13/h4-5,8,10,13H,1-3,6-7,11-12H2,(H,22,26). The van der Waals surface area contributed by atoms with E-state index < -0.39 is 0 Å². The van der Waals surface area contributed by atoms with Gasteiger partial charge in [-0.25, -0.2) is 4.98 Å². The molecule has 1 aliphatic carbocycles. The molecule has 1 saturated carbocycles. The minimum Gasteiger partial charge on any atom is -0.346 e. The highest BCUT2D eigenvalue weighted by Gasteiger charge is 2.31. The lowest BCUT2D eigenvalue weighted by molar-refractivity contribution is -0.139. The molecular weight excluding hydrogens is 344 g/mol. The molecule has 27 heavy (non-hydrogen) atoms. The van der Waals surface area contributed by atoms with Gasteiger partial charge in [0.15, 0.2) is 0 Å². The Morgan fingerprint density at radius 3 is 2.81 bits per heavy atom. The molecule has 2 aromatic rings. The number of aromatic nitrogens is 3. The van der Waals surface area contributed by atoms with Crippen LogP contribution in [0.15, 0.2) is 24.4 Å². The zero-order valence-electron chi connectivity index (χ0n) is 14.9. The van der Waals surface area contributed by atoms with Crippen molar-refractivity contribution in [2.75, 3.05) is 6.54 Å². The maximum atomic E-state index is 12.4. The van der Waals surface area contributed by atoms with Crippen LogP contribution in [0.25, 0.3) is 0 Å². The number of nitrogens with zero attached hydrogens (tertiary/aromatic N) is 5. The number of carbonyl (C=O) groups is 2. The van der Waals surface area contributed by atoms with Crippen LogP contribution in [-0.4, -0.2) is 38.0 Å². The van der Waals surface area contributed by atoms with Gasteiger partial charge in [0, 0.05) is 18.7 Å². The average Bonchev–Trinajstić information content (AvgIpc) is 3.06. The molecule has 0 atom stereocenters. The van der Waals surface area contributed by atoms with E-state index in [0.29, 0.717) is 31.7 Å². The predicted molar refractivity (Wildman–Crippen MR) is 95.1 cm³/mol. The van der Waals surface area contributed by atoms with Crippen LogP contribution in [0.1, 0.15) is 46.7 Å².